The molecule has 0 atom stereocenters. The summed E-state index contributed by atoms with van der Waals surface area (Å²) < 4.78 is 25.3. The lowest BCUT2D eigenvalue weighted by Gasteiger charge is -2.14. The monoisotopic (exact) mass is 429 g/mol. The molecule has 0 aromatic heterocycles. The standard InChI is InChI=1S/C22H21BrFNO2/c1-15-11-18(23)6-9-20(15)25-13-17-5-10-21(22(12-17)26-2)27-14-16-3-7-19(24)8-4-16/h3-12,25H,13-14H2,1-2H3. The minimum Gasteiger partial charge on any atom is -0.493 e. The van der Waals surface area contributed by atoms with Gasteiger partial charge in [0.2, 0.25) is 0 Å². The summed E-state index contributed by atoms with van der Waals surface area (Å²) >= 11 is 3.48. The quantitative estimate of drug-likeness (QED) is 0.492. The van der Waals surface area contributed by atoms with Crippen LogP contribution in [0.25, 0.3) is 0 Å². The van der Waals surface area contributed by atoms with Gasteiger partial charge in [-0.2, -0.15) is 0 Å². The molecule has 0 heterocycles. The molecular weight excluding hydrogens is 409 g/mol. The van der Waals surface area contributed by atoms with Gasteiger partial charge < -0.3 is 14.8 Å². The molecule has 1 N–H and O–H groups in total. The van der Waals surface area contributed by atoms with E-state index in [0.717, 1.165) is 21.3 Å². The summed E-state index contributed by atoms with van der Waals surface area (Å²) in [6, 6.07) is 18.3. The molecule has 0 spiro atoms. The molecule has 0 aliphatic carbocycles. The Bertz CT molecular complexity index is 913. The van der Waals surface area contributed by atoms with E-state index in [1.54, 1.807) is 19.2 Å². The van der Waals surface area contributed by atoms with Gasteiger partial charge in [-0.05, 0) is 66.1 Å². The fourth-order valence-corrected chi connectivity index (χ4v) is 3.18. The molecular formula is C22H21BrFNO2. The highest BCUT2D eigenvalue weighted by atomic mass is 79.9. The van der Waals surface area contributed by atoms with Gasteiger partial charge in [0.15, 0.2) is 11.5 Å². The van der Waals surface area contributed by atoms with Gasteiger partial charge in [-0.15, -0.1) is 0 Å². The zero-order chi connectivity index (χ0) is 19.2. The third-order valence-corrected chi connectivity index (χ3v) is 4.70. The maximum Gasteiger partial charge on any atom is 0.161 e. The van der Waals surface area contributed by atoms with Crippen LogP contribution in [0.4, 0.5) is 10.1 Å². The molecule has 0 saturated carbocycles. The van der Waals surface area contributed by atoms with E-state index in [1.165, 1.54) is 17.7 Å². The molecule has 3 nitrogen and oxygen atoms in total. The van der Waals surface area contributed by atoms with Gasteiger partial charge in [-0.3, -0.25) is 0 Å². The predicted molar refractivity (Wildman–Crippen MR) is 110 cm³/mol. The number of benzene rings is 3. The summed E-state index contributed by atoms with van der Waals surface area (Å²) in [6.07, 6.45) is 0. The highest BCUT2D eigenvalue weighted by Crippen LogP contribution is 2.29. The lowest BCUT2D eigenvalue weighted by molar-refractivity contribution is 0.284. The number of anilines is 1. The molecule has 27 heavy (non-hydrogen) atoms. The largest absolute Gasteiger partial charge is 0.493 e. The number of nitrogens with one attached hydrogen (secondary N) is 1. The summed E-state index contributed by atoms with van der Waals surface area (Å²) in [5, 5.41) is 3.44. The SMILES string of the molecule is COc1cc(CNc2ccc(Br)cc2C)ccc1OCc1ccc(F)cc1. The molecule has 0 fully saturated rings. The van der Waals surface area contributed by atoms with Gasteiger partial charge in [-0.25, -0.2) is 4.39 Å². The van der Waals surface area contributed by atoms with Gasteiger partial charge in [-0.1, -0.05) is 34.1 Å². The third-order valence-electron chi connectivity index (χ3n) is 4.21. The lowest BCUT2D eigenvalue weighted by atomic mass is 10.1. The normalized spacial score (nSPS) is 10.5. The highest BCUT2D eigenvalue weighted by molar-refractivity contribution is 9.10. The van der Waals surface area contributed by atoms with Crippen LogP contribution in [0.2, 0.25) is 0 Å². The second-order valence-electron chi connectivity index (χ2n) is 6.21. The van der Waals surface area contributed by atoms with Crippen molar-refractivity contribution < 1.29 is 13.9 Å². The van der Waals surface area contributed by atoms with E-state index in [2.05, 4.69) is 40.3 Å². The van der Waals surface area contributed by atoms with Crippen LogP contribution in [-0.2, 0) is 13.2 Å². The Balaban J connectivity index is 1.65. The summed E-state index contributed by atoms with van der Waals surface area (Å²) in [7, 11) is 1.62. The Morgan fingerprint density at radius 2 is 1.67 bits per heavy atom. The van der Waals surface area contributed by atoms with Crippen molar-refractivity contribution in [2.24, 2.45) is 0 Å². The van der Waals surface area contributed by atoms with Crippen LogP contribution in [-0.4, -0.2) is 7.11 Å². The van der Waals surface area contributed by atoms with E-state index in [-0.39, 0.29) is 5.82 Å². The fourth-order valence-electron chi connectivity index (χ4n) is 2.71. The van der Waals surface area contributed by atoms with E-state index in [9.17, 15) is 4.39 Å². The topological polar surface area (TPSA) is 30.5 Å². The van der Waals surface area contributed by atoms with Crippen molar-refractivity contribution >= 4 is 21.6 Å². The van der Waals surface area contributed by atoms with Crippen LogP contribution >= 0.6 is 15.9 Å². The third kappa shape index (κ3) is 5.23. The van der Waals surface area contributed by atoms with Gasteiger partial charge in [0.1, 0.15) is 12.4 Å². The van der Waals surface area contributed by atoms with Crippen molar-refractivity contribution in [2.45, 2.75) is 20.1 Å². The molecule has 0 aliphatic rings. The van der Waals surface area contributed by atoms with E-state index in [1.807, 2.05) is 24.3 Å². The minimum atomic E-state index is -0.255. The first-order chi connectivity index (χ1) is 13.0. The first kappa shape index (κ1) is 19.2. The molecule has 0 amide bonds. The van der Waals surface area contributed by atoms with E-state index < -0.39 is 0 Å². The fraction of sp³-hybridized carbons (Fsp3) is 0.182. The molecule has 0 saturated heterocycles. The molecule has 140 valence electrons. The molecule has 3 aromatic carbocycles. The Labute approximate surface area is 167 Å². The maximum atomic E-state index is 13.0. The molecule has 0 bridgehead atoms. The molecule has 0 radical (unpaired) electrons. The number of ether oxygens (including phenoxy) is 2. The number of hydrogen-bond acceptors (Lipinski definition) is 3. The van der Waals surface area contributed by atoms with Crippen molar-refractivity contribution in [3.63, 3.8) is 0 Å². The number of aryl methyl sites for hydroxylation is 1. The van der Waals surface area contributed by atoms with Crippen molar-refractivity contribution in [1.29, 1.82) is 0 Å². The van der Waals surface area contributed by atoms with Gasteiger partial charge in [0, 0.05) is 16.7 Å². The maximum absolute atomic E-state index is 13.0. The summed E-state index contributed by atoms with van der Waals surface area (Å²) in [4.78, 5) is 0. The lowest BCUT2D eigenvalue weighted by Crippen LogP contribution is -2.03. The van der Waals surface area contributed by atoms with Crippen molar-refractivity contribution in [1.82, 2.24) is 0 Å². The Morgan fingerprint density at radius 1 is 0.926 bits per heavy atom. The summed E-state index contributed by atoms with van der Waals surface area (Å²) in [6.45, 7) is 3.10. The number of hydrogen-bond donors (Lipinski definition) is 1. The van der Waals surface area contributed by atoms with Gasteiger partial charge in [0.25, 0.3) is 0 Å². The van der Waals surface area contributed by atoms with Crippen molar-refractivity contribution in [3.8, 4) is 11.5 Å². The minimum absolute atomic E-state index is 0.255. The van der Waals surface area contributed by atoms with E-state index >= 15 is 0 Å². The highest BCUT2D eigenvalue weighted by Gasteiger charge is 2.07. The van der Waals surface area contributed by atoms with Crippen LogP contribution < -0.4 is 14.8 Å². The average Bonchev–Trinajstić information content (AvgIpc) is 2.67. The summed E-state index contributed by atoms with van der Waals surface area (Å²) in [5.74, 6) is 1.07. The molecule has 0 aliphatic heterocycles. The van der Waals surface area contributed by atoms with Gasteiger partial charge >= 0.3 is 0 Å². The van der Waals surface area contributed by atoms with Crippen LogP contribution in [0.1, 0.15) is 16.7 Å². The summed E-state index contributed by atoms with van der Waals surface area (Å²) in [5.41, 5.74) is 4.25. The first-order valence-corrected chi connectivity index (χ1v) is 9.38. The van der Waals surface area contributed by atoms with Crippen LogP contribution in [0.3, 0.4) is 0 Å². The zero-order valence-electron chi connectivity index (χ0n) is 15.3. The molecule has 3 rings (SSSR count). The predicted octanol–water partition coefficient (Wildman–Crippen LogP) is 6.10. The van der Waals surface area contributed by atoms with Crippen molar-refractivity contribution in [3.05, 3.63) is 87.6 Å². The van der Waals surface area contributed by atoms with Crippen molar-refractivity contribution in [2.75, 3.05) is 12.4 Å². The molecule has 5 heteroatoms. The van der Waals surface area contributed by atoms with E-state index in [4.69, 9.17) is 9.47 Å². The Hall–Kier alpha value is -2.53. The van der Waals surface area contributed by atoms with Crippen LogP contribution in [0, 0.1) is 12.7 Å². The number of halogens is 2. The van der Waals surface area contributed by atoms with Crippen LogP contribution in [0.15, 0.2) is 65.1 Å². The second-order valence-corrected chi connectivity index (χ2v) is 7.13. The van der Waals surface area contributed by atoms with Crippen LogP contribution in [0.5, 0.6) is 11.5 Å². The zero-order valence-corrected chi connectivity index (χ0v) is 16.8. The number of methoxy groups -OCH3 is 1. The Kier molecular flexibility index (Phi) is 6.35. The smallest absolute Gasteiger partial charge is 0.161 e. The first-order valence-electron chi connectivity index (χ1n) is 8.59. The average molecular weight is 430 g/mol. The Morgan fingerprint density at radius 3 is 2.37 bits per heavy atom. The number of rotatable bonds is 7. The second kappa shape index (κ2) is 8.91. The van der Waals surface area contributed by atoms with E-state index in [0.29, 0.717) is 24.7 Å². The molecule has 3 aromatic rings. The van der Waals surface area contributed by atoms with Gasteiger partial charge in [0.05, 0.1) is 7.11 Å². The molecule has 0 unspecified atom stereocenters.